The lowest BCUT2D eigenvalue weighted by molar-refractivity contribution is -0.385. The Labute approximate surface area is 158 Å². The lowest BCUT2D eigenvalue weighted by atomic mass is 10.1. The minimum Gasteiger partial charge on any atom is -0.322 e. The molecule has 4 rings (SSSR count). The minimum atomic E-state index is -0.500. The van der Waals surface area contributed by atoms with Crippen LogP contribution < -0.4 is 5.32 Å². The van der Waals surface area contributed by atoms with E-state index in [-0.39, 0.29) is 11.3 Å². The van der Waals surface area contributed by atoms with E-state index in [9.17, 15) is 14.9 Å². The third-order valence-corrected chi connectivity index (χ3v) is 4.32. The van der Waals surface area contributed by atoms with Gasteiger partial charge in [-0.1, -0.05) is 18.2 Å². The molecule has 0 atom stereocenters. The van der Waals surface area contributed by atoms with Crippen molar-refractivity contribution in [1.82, 2.24) is 19.8 Å². The van der Waals surface area contributed by atoms with E-state index in [2.05, 4.69) is 20.6 Å². The summed E-state index contributed by atoms with van der Waals surface area (Å²) < 4.78 is 1.56. The van der Waals surface area contributed by atoms with Gasteiger partial charge in [-0.15, -0.1) is 10.2 Å². The number of fused-ring (bicyclic) bond motifs is 1. The Morgan fingerprint density at radius 3 is 2.79 bits per heavy atom. The number of nitro groups is 1. The summed E-state index contributed by atoms with van der Waals surface area (Å²) in [6, 6.07) is 15.2. The molecule has 0 aliphatic carbocycles. The number of hydrogen-bond donors (Lipinski definition) is 1. The van der Waals surface area contributed by atoms with Crippen LogP contribution in [-0.2, 0) is 0 Å². The van der Waals surface area contributed by atoms with Gasteiger partial charge in [0.05, 0.1) is 10.6 Å². The van der Waals surface area contributed by atoms with Gasteiger partial charge >= 0.3 is 0 Å². The highest BCUT2D eigenvalue weighted by Gasteiger charge is 2.18. The quantitative estimate of drug-likeness (QED) is 0.433. The fourth-order valence-corrected chi connectivity index (χ4v) is 2.90. The number of hydrogen-bond acceptors (Lipinski definition) is 6. The molecule has 0 unspecified atom stereocenters. The molecule has 0 radical (unpaired) electrons. The monoisotopic (exact) mass is 374 g/mol. The number of nitro benzene ring substituents is 1. The van der Waals surface area contributed by atoms with Crippen molar-refractivity contribution in [2.45, 2.75) is 6.92 Å². The molecule has 0 aliphatic heterocycles. The molecule has 0 spiro atoms. The zero-order valence-corrected chi connectivity index (χ0v) is 14.7. The summed E-state index contributed by atoms with van der Waals surface area (Å²) >= 11 is 0. The van der Waals surface area contributed by atoms with Gasteiger partial charge in [-0.25, -0.2) is 0 Å². The maximum Gasteiger partial charge on any atom is 0.273 e. The van der Waals surface area contributed by atoms with Crippen molar-refractivity contribution in [2.75, 3.05) is 5.32 Å². The molecule has 0 bridgehead atoms. The van der Waals surface area contributed by atoms with Crippen LogP contribution in [0, 0.1) is 17.0 Å². The second-order valence-electron chi connectivity index (χ2n) is 6.09. The van der Waals surface area contributed by atoms with Crippen molar-refractivity contribution in [3.63, 3.8) is 0 Å². The van der Waals surface area contributed by atoms with E-state index in [1.807, 2.05) is 12.1 Å². The van der Waals surface area contributed by atoms with Gasteiger partial charge in [-0.05, 0) is 37.3 Å². The molecule has 1 N–H and O–H groups in total. The van der Waals surface area contributed by atoms with E-state index in [4.69, 9.17) is 0 Å². The molecular weight excluding hydrogens is 360 g/mol. The van der Waals surface area contributed by atoms with Crippen LogP contribution in [-0.4, -0.2) is 30.6 Å². The van der Waals surface area contributed by atoms with E-state index in [0.29, 0.717) is 22.6 Å². The minimum absolute atomic E-state index is 0.0900. The smallest absolute Gasteiger partial charge is 0.273 e. The van der Waals surface area contributed by atoms with Crippen LogP contribution in [0.4, 0.5) is 11.4 Å². The van der Waals surface area contributed by atoms with Gasteiger partial charge in [0.25, 0.3) is 11.6 Å². The largest absolute Gasteiger partial charge is 0.322 e. The third-order valence-electron chi connectivity index (χ3n) is 4.32. The molecule has 138 valence electrons. The first-order valence-electron chi connectivity index (χ1n) is 8.36. The Morgan fingerprint density at radius 1 is 1.14 bits per heavy atom. The van der Waals surface area contributed by atoms with Gasteiger partial charge in [0, 0.05) is 28.4 Å². The Kier molecular flexibility index (Phi) is 4.24. The molecule has 2 heterocycles. The standard InChI is InChI=1S/C19H14N6O3/c1-12-15(6-3-7-17(12)25(27)28)19(26)21-14-5-2-4-13(10-14)16-8-9-18-22-20-11-24(18)23-16/h2-11H,1H3,(H,21,26). The van der Waals surface area contributed by atoms with Crippen molar-refractivity contribution in [3.05, 3.63) is 82.2 Å². The van der Waals surface area contributed by atoms with E-state index in [1.54, 1.807) is 41.8 Å². The van der Waals surface area contributed by atoms with Crippen LogP contribution in [0.25, 0.3) is 16.9 Å². The Bertz CT molecular complexity index is 1220. The van der Waals surface area contributed by atoms with Gasteiger partial charge in [0.1, 0.15) is 6.33 Å². The van der Waals surface area contributed by atoms with Gasteiger partial charge in [-0.3, -0.25) is 14.9 Å². The molecule has 4 aromatic rings. The maximum atomic E-state index is 12.6. The van der Waals surface area contributed by atoms with Crippen LogP contribution >= 0.6 is 0 Å². The van der Waals surface area contributed by atoms with E-state index < -0.39 is 10.8 Å². The summed E-state index contributed by atoms with van der Waals surface area (Å²) in [6.45, 7) is 1.56. The van der Waals surface area contributed by atoms with Gasteiger partial charge in [0.15, 0.2) is 5.65 Å². The summed E-state index contributed by atoms with van der Waals surface area (Å²) in [5.74, 6) is -0.416. The highest BCUT2D eigenvalue weighted by molar-refractivity contribution is 6.06. The Hall–Kier alpha value is -4.14. The molecule has 9 heteroatoms. The van der Waals surface area contributed by atoms with Crippen LogP contribution in [0.3, 0.4) is 0 Å². The first-order chi connectivity index (χ1) is 13.5. The van der Waals surface area contributed by atoms with Crippen molar-refractivity contribution in [2.24, 2.45) is 0 Å². The molecule has 9 nitrogen and oxygen atoms in total. The van der Waals surface area contributed by atoms with Gasteiger partial charge in [0.2, 0.25) is 0 Å². The predicted octanol–water partition coefficient (Wildman–Crippen LogP) is 3.26. The van der Waals surface area contributed by atoms with E-state index in [1.165, 1.54) is 18.5 Å². The molecule has 0 fully saturated rings. The summed E-state index contributed by atoms with van der Waals surface area (Å²) in [5, 5.41) is 26.0. The van der Waals surface area contributed by atoms with Crippen LogP contribution in [0.5, 0.6) is 0 Å². The van der Waals surface area contributed by atoms with E-state index >= 15 is 0 Å². The summed E-state index contributed by atoms with van der Waals surface area (Å²) in [7, 11) is 0. The lowest BCUT2D eigenvalue weighted by Gasteiger charge is -2.09. The molecule has 0 aliphatic rings. The van der Waals surface area contributed by atoms with Crippen molar-refractivity contribution in [1.29, 1.82) is 0 Å². The maximum absolute atomic E-state index is 12.6. The zero-order chi connectivity index (χ0) is 19.7. The molecule has 1 amide bonds. The predicted molar refractivity (Wildman–Crippen MR) is 102 cm³/mol. The first kappa shape index (κ1) is 17.3. The Morgan fingerprint density at radius 2 is 1.96 bits per heavy atom. The SMILES string of the molecule is Cc1c(C(=O)Nc2cccc(-c3ccc4nncn4n3)c2)cccc1[N+](=O)[O-]. The fraction of sp³-hybridized carbons (Fsp3) is 0.0526. The molecule has 28 heavy (non-hydrogen) atoms. The van der Waals surface area contributed by atoms with Crippen LogP contribution in [0.15, 0.2) is 60.9 Å². The number of aromatic nitrogens is 4. The molecule has 0 saturated heterocycles. The number of nitrogens with one attached hydrogen (secondary N) is 1. The normalized spacial score (nSPS) is 10.8. The van der Waals surface area contributed by atoms with Crippen LogP contribution in [0.2, 0.25) is 0 Å². The number of carbonyl (C=O) groups is 1. The highest BCUT2D eigenvalue weighted by Crippen LogP contribution is 2.24. The number of benzene rings is 2. The average Bonchev–Trinajstić information content (AvgIpc) is 3.16. The second kappa shape index (κ2) is 6.88. The molecule has 2 aromatic carbocycles. The van der Waals surface area contributed by atoms with E-state index in [0.717, 1.165) is 5.56 Å². The molecular formula is C19H14N6O3. The Balaban J connectivity index is 1.62. The molecule has 0 saturated carbocycles. The number of amides is 1. The number of rotatable bonds is 4. The second-order valence-corrected chi connectivity index (χ2v) is 6.09. The topological polar surface area (TPSA) is 115 Å². The summed E-state index contributed by atoms with van der Waals surface area (Å²) in [4.78, 5) is 23.2. The zero-order valence-electron chi connectivity index (χ0n) is 14.7. The van der Waals surface area contributed by atoms with Crippen molar-refractivity contribution < 1.29 is 9.72 Å². The molecule has 2 aromatic heterocycles. The highest BCUT2D eigenvalue weighted by atomic mass is 16.6. The van der Waals surface area contributed by atoms with Crippen molar-refractivity contribution in [3.8, 4) is 11.3 Å². The first-order valence-corrected chi connectivity index (χ1v) is 8.36. The average molecular weight is 374 g/mol. The third kappa shape index (κ3) is 3.16. The number of nitrogens with zero attached hydrogens (tertiary/aromatic N) is 5. The number of anilines is 1. The lowest BCUT2D eigenvalue weighted by Crippen LogP contribution is -2.14. The summed E-state index contributed by atoms with van der Waals surface area (Å²) in [5.41, 5.74) is 3.16. The van der Waals surface area contributed by atoms with Crippen molar-refractivity contribution >= 4 is 22.9 Å². The van der Waals surface area contributed by atoms with Crippen LogP contribution in [0.1, 0.15) is 15.9 Å². The van der Waals surface area contributed by atoms with Gasteiger partial charge < -0.3 is 5.32 Å². The number of carbonyl (C=O) groups excluding carboxylic acids is 1. The van der Waals surface area contributed by atoms with Gasteiger partial charge in [-0.2, -0.15) is 9.61 Å². The fourth-order valence-electron chi connectivity index (χ4n) is 2.90. The summed E-state index contributed by atoms with van der Waals surface area (Å²) in [6.07, 6.45) is 1.51.